The van der Waals surface area contributed by atoms with Gasteiger partial charge in [-0.15, -0.1) is 0 Å². The third-order valence-electron chi connectivity index (χ3n) is 3.47. The summed E-state index contributed by atoms with van der Waals surface area (Å²) in [6.45, 7) is 6.42. The molecule has 1 aromatic carbocycles. The van der Waals surface area contributed by atoms with Crippen molar-refractivity contribution in [1.29, 1.82) is 0 Å². The Morgan fingerprint density at radius 1 is 1.16 bits per heavy atom. The van der Waals surface area contributed by atoms with Crippen molar-refractivity contribution in [1.82, 2.24) is 20.2 Å². The second kappa shape index (κ2) is 5.95. The second-order valence-corrected chi connectivity index (χ2v) is 4.76. The van der Waals surface area contributed by atoms with Crippen LogP contribution in [-0.4, -0.2) is 54.1 Å². The van der Waals surface area contributed by atoms with Crippen molar-refractivity contribution in [2.75, 3.05) is 44.6 Å². The van der Waals surface area contributed by atoms with Crippen molar-refractivity contribution >= 4 is 16.7 Å². The molecule has 0 amide bonds. The number of rotatable bonds is 4. The molecule has 0 radical (unpaired) electrons. The van der Waals surface area contributed by atoms with Crippen LogP contribution in [0.4, 0.5) is 5.82 Å². The summed E-state index contributed by atoms with van der Waals surface area (Å²) in [5.41, 5.74) is 0.988. The van der Waals surface area contributed by atoms with E-state index in [9.17, 15) is 0 Å². The average molecular weight is 257 g/mol. The minimum absolute atomic E-state index is 0.918. The molecule has 5 nitrogen and oxygen atoms in total. The van der Waals surface area contributed by atoms with Gasteiger partial charge in [-0.2, -0.15) is 0 Å². The quantitative estimate of drug-likeness (QED) is 0.854. The fourth-order valence-electron chi connectivity index (χ4n) is 2.41. The van der Waals surface area contributed by atoms with Gasteiger partial charge in [0.25, 0.3) is 0 Å². The summed E-state index contributed by atoms with van der Waals surface area (Å²) < 4.78 is 0. The molecule has 0 atom stereocenters. The van der Waals surface area contributed by atoms with Gasteiger partial charge in [0.15, 0.2) is 0 Å². The van der Waals surface area contributed by atoms with Crippen molar-refractivity contribution in [3.63, 3.8) is 0 Å². The Bertz CT molecular complexity index is 531. The molecule has 1 aromatic heterocycles. The normalized spacial score (nSPS) is 16.6. The minimum atomic E-state index is 0.918. The molecule has 0 unspecified atom stereocenters. The molecule has 0 spiro atoms. The average Bonchev–Trinajstić information content (AvgIpc) is 2.49. The first-order chi connectivity index (χ1) is 9.43. The molecule has 2 heterocycles. The zero-order chi connectivity index (χ0) is 12.9. The Balaban J connectivity index is 1.62. The Hall–Kier alpha value is -1.72. The summed E-state index contributed by atoms with van der Waals surface area (Å²) >= 11 is 0. The maximum Gasteiger partial charge on any atom is 0.137 e. The van der Waals surface area contributed by atoms with E-state index in [0.717, 1.165) is 56.0 Å². The lowest BCUT2D eigenvalue weighted by Gasteiger charge is -2.27. The maximum atomic E-state index is 4.34. The van der Waals surface area contributed by atoms with Gasteiger partial charge < -0.3 is 10.6 Å². The first-order valence-corrected chi connectivity index (χ1v) is 6.80. The van der Waals surface area contributed by atoms with Crippen LogP contribution < -0.4 is 10.6 Å². The molecule has 0 aliphatic carbocycles. The lowest BCUT2D eigenvalue weighted by atomic mass is 10.2. The van der Waals surface area contributed by atoms with E-state index in [2.05, 4.69) is 31.6 Å². The van der Waals surface area contributed by atoms with Crippen LogP contribution in [0.2, 0.25) is 0 Å². The van der Waals surface area contributed by atoms with Crippen molar-refractivity contribution < 1.29 is 0 Å². The van der Waals surface area contributed by atoms with Crippen molar-refractivity contribution in [3.8, 4) is 0 Å². The van der Waals surface area contributed by atoms with Gasteiger partial charge in [-0.1, -0.05) is 12.1 Å². The molecular weight excluding hydrogens is 238 g/mol. The van der Waals surface area contributed by atoms with Gasteiger partial charge in [0.05, 0.1) is 5.52 Å². The lowest BCUT2D eigenvalue weighted by molar-refractivity contribution is 0.249. The second-order valence-electron chi connectivity index (χ2n) is 4.76. The number of aromatic nitrogens is 2. The van der Waals surface area contributed by atoms with Gasteiger partial charge in [-0.25, -0.2) is 9.97 Å². The van der Waals surface area contributed by atoms with Crippen LogP contribution in [0, 0.1) is 0 Å². The molecule has 5 heteroatoms. The van der Waals surface area contributed by atoms with Gasteiger partial charge >= 0.3 is 0 Å². The fraction of sp³-hybridized carbons (Fsp3) is 0.429. The number of nitrogens with one attached hydrogen (secondary N) is 2. The number of hydrogen-bond donors (Lipinski definition) is 2. The molecule has 2 aromatic rings. The molecule has 3 rings (SSSR count). The molecular formula is C14H19N5. The fourth-order valence-corrected chi connectivity index (χ4v) is 2.41. The standard InChI is InChI=1S/C14H19N5/c1-2-4-13-12(3-1)14(18-11-17-13)16-7-10-19-8-5-15-6-9-19/h1-4,11,15H,5-10H2,(H,16,17,18). The molecule has 1 aliphatic heterocycles. The molecule has 19 heavy (non-hydrogen) atoms. The lowest BCUT2D eigenvalue weighted by Crippen LogP contribution is -2.45. The monoisotopic (exact) mass is 257 g/mol. The molecule has 0 bridgehead atoms. The number of piperazine rings is 1. The number of benzene rings is 1. The van der Waals surface area contributed by atoms with E-state index in [1.165, 1.54) is 0 Å². The van der Waals surface area contributed by atoms with Gasteiger partial charge in [0.2, 0.25) is 0 Å². The Labute approximate surface area is 113 Å². The van der Waals surface area contributed by atoms with Crippen LogP contribution in [0.5, 0.6) is 0 Å². The van der Waals surface area contributed by atoms with Crippen molar-refractivity contribution in [2.24, 2.45) is 0 Å². The number of hydrogen-bond acceptors (Lipinski definition) is 5. The van der Waals surface area contributed by atoms with Gasteiger partial charge in [0.1, 0.15) is 12.1 Å². The molecule has 2 N–H and O–H groups in total. The first-order valence-electron chi connectivity index (χ1n) is 6.80. The summed E-state index contributed by atoms with van der Waals surface area (Å²) in [6, 6.07) is 8.09. The Kier molecular flexibility index (Phi) is 3.86. The molecule has 1 fully saturated rings. The SMILES string of the molecule is c1ccc2c(NCCN3CCNCC3)ncnc2c1. The highest BCUT2D eigenvalue weighted by Crippen LogP contribution is 2.17. The van der Waals surface area contributed by atoms with E-state index >= 15 is 0 Å². The van der Waals surface area contributed by atoms with Gasteiger partial charge in [0, 0.05) is 44.7 Å². The van der Waals surface area contributed by atoms with E-state index in [0.29, 0.717) is 0 Å². The summed E-state index contributed by atoms with van der Waals surface area (Å²) in [4.78, 5) is 11.1. The number of anilines is 1. The minimum Gasteiger partial charge on any atom is -0.368 e. The van der Waals surface area contributed by atoms with Crippen molar-refractivity contribution in [3.05, 3.63) is 30.6 Å². The Morgan fingerprint density at radius 2 is 2.00 bits per heavy atom. The van der Waals surface area contributed by atoms with Crippen LogP contribution in [-0.2, 0) is 0 Å². The molecule has 1 saturated heterocycles. The van der Waals surface area contributed by atoms with Crippen LogP contribution in [0.15, 0.2) is 30.6 Å². The summed E-state index contributed by atoms with van der Waals surface area (Å²) in [5.74, 6) is 0.931. The van der Waals surface area contributed by atoms with E-state index in [4.69, 9.17) is 0 Å². The van der Waals surface area contributed by atoms with Crippen LogP contribution in [0.25, 0.3) is 10.9 Å². The predicted octanol–water partition coefficient (Wildman–Crippen LogP) is 0.947. The van der Waals surface area contributed by atoms with E-state index in [1.807, 2.05) is 18.2 Å². The summed E-state index contributed by atoms with van der Waals surface area (Å²) in [6.07, 6.45) is 1.62. The number of fused-ring (bicyclic) bond motifs is 1. The van der Waals surface area contributed by atoms with Crippen LogP contribution in [0.1, 0.15) is 0 Å². The summed E-state index contributed by atoms with van der Waals surface area (Å²) in [7, 11) is 0. The zero-order valence-corrected chi connectivity index (χ0v) is 11.0. The van der Waals surface area contributed by atoms with Gasteiger partial charge in [-0.05, 0) is 12.1 Å². The van der Waals surface area contributed by atoms with E-state index < -0.39 is 0 Å². The number of para-hydroxylation sites is 1. The Morgan fingerprint density at radius 3 is 2.89 bits per heavy atom. The topological polar surface area (TPSA) is 53.1 Å². The van der Waals surface area contributed by atoms with Crippen LogP contribution >= 0.6 is 0 Å². The highest BCUT2D eigenvalue weighted by molar-refractivity contribution is 5.88. The first kappa shape index (κ1) is 12.3. The van der Waals surface area contributed by atoms with Gasteiger partial charge in [-0.3, -0.25) is 4.90 Å². The molecule has 100 valence electrons. The van der Waals surface area contributed by atoms with E-state index in [-0.39, 0.29) is 0 Å². The highest BCUT2D eigenvalue weighted by atomic mass is 15.2. The van der Waals surface area contributed by atoms with Crippen LogP contribution in [0.3, 0.4) is 0 Å². The maximum absolute atomic E-state index is 4.34. The highest BCUT2D eigenvalue weighted by Gasteiger charge is 2.09. The molecule has 0 saturated carbocycles. The summed E-state index contributed by atoms with van der Waals surface area (Å²) in [5, 5.41) is 7.87. The number of nitrogens with zero attached hydrogens (tertiary/aromatic N) is 3. The third kappa shape index (κ3) is 3.00. The smallest absolute Gasteiger partial charge is 0.137 e. The third-order valence-corrected chi connectivity index (χ3v) is 3.47. The van der Waals surface area contributed by atoms with E-state index in [1.54, 1.807) is 6.33 Å². The largest absolute Gasteiger partial charge is 0.368 e. The van der Waals surface area contributed by atoms with Crippen molar-refractivity contribution in [2.45, 2.75) is 0 Å². The zero-order valence-electron chi connectivity index (χ0n) is 11.0. The predicted molar refractivity (Wildman–Crippen MR) is 77.3 cm³/mol. The molecule has 1 aliphatic rings.